The Bertz CT molecular complexity index is 1280. The van der Waals surface area contributed by atoms with Crippen molar-refractivity contribution in [3.8, 4) is 5.75 Å². The molecule has 0 radical (unpaired) electrons. The normalized spacial score (nSPS) is 15.8. The van der Waals surface area contributed by atoms with Gasteiger partial charge in [-0.3, -0.25) is 9.10 Å². The summed E-state index contributed by atoms with van der Waals surface area (Å²) in [4.78, 5) is 12.9. The summed E-state index contributed by atoms with van der Waals surface area (Å²) in [6, 6.07) is 9.85. The summed E-state index contributed by atoms with van der Waals surface area (Å²) in [6.45, 7) is 4.80. The van der Waals surface area contributed by atoms with Crippen molar-refractivity contribution in [2.45, 2.75) is 24.8 Å². The molecule has 0 bridgehead atoms. The Morgan fingerprint density at radius 1 is 1.14 bits per heavy atom. The van der Waals surface area contributed by atoms with Crippen LogP contribution in [0.2, 0.25) is 5.02 Å². The number of carbonyl (C=O) groups excluding carboxylic acids is 1. The van der Waals surface area contributed by atoms with Crippen LogP contribution in [0.4, 0.5) is 5.69 Å². The van der Waals surface area contributed by atoms with Crippen LogP contribution in [0.15, 0.2) is 47.4 Å². The van der Waals surface area contributed by atoms with Crippen LogP contribution < -0.4 is 14.4 Å². The molecule has 0 aliphatic carbocycles. The van der Waals surface area contributed by atoms with Gasteiger partial charge in [0.25, 0.3) is 0 Å². The second-order valence-corrected chi connectivity index (χ2v) is 12.5. The van der Waals surface area contributed by atoms with E-state index in [1.54, 1.807) is 31.2 Å². The number of hydrogen-bond donors (Lipinski definition) is 1. The molecule has 3 rings (SSSR count). The van der Waals surface area contributed by atoms with Crippen LogP contribution >= 0.6 is 11.6 Å². The van der Waals surface area contributed by atoms with Crippen LogP contribution in [0.1, 0.15) is 12.5 Å². The van der Waals surface area contributed by atoms with Gasteiger partial charge in [-0.25, -0.2) is 16.8 Å². The fraction of sp³-hybridized carbons (Fsp3) is 0.435. The number of benzene rings is 2. The molecule has 1 amide bonds. The minimum Gasteiger partial charge on any atom is -0.492 e. The summed E-state index contributed by atoms with van der Waals surface area (Å²) >= 11 is 6.05. The molecule has 1 saturated heterocycles. The summed E-state index contributed by atoms with van der Waals surface area (Å²) in [5.41, 5.74) is 0.989. The third kappa shape index (κ3) is 6.88. The summed E-state index contributed by atoms with van der Waals surface area (Å²) in [5, 5.41) is 3.03. The van der Waals surface area contributed by atoms with E-state index in [1.807, 2.05) is 0 Å². The maximum atomic E-state index is 12.7. The molecule has 1 heterocycles. The van der Waals surface area contributed by atoms with Crippen LogP contribution in [0.25, 0.3) is 0 Å². The van der Waals surface area contributed by atoms with E-state index in [-0.39, 0.29) is 18.0 Å². The Balaban J connectivity index is 1.56. The van der Waals surface area contributed by atoms with Crippen molar-refractivity contribution in [1.82, 2.24) is 9.62 Å². The van der Waals surface area contributed by atoms with Crippen LogP contribution in [-0.4, -0.2) is 78.8 Å². The van der Waals surface area contributed by atoms with Gasteiger partial charge in [0.1, 0.15) is 18.4 Å². The molecule has 1 aliphatic heterocycles. The van der Waals surface area contributed by atoms with Gasteiger partial charge in [-0.1, -0.05) is 17.7 Å². The summed E-state index contributed by atoms with van der Waals surface area (Å²) in [7, 11) is -7.37. The topological polar surface area (TPSA) is 122 Å². The van der Waals surface area contributed by atoms with Gasteiger partial charge in [0.2, 0.25) is 26.0 Å². The molecule has 1 atom stereocenters. The minimum absolute atomic E-state index is 0.100. The Hall–Kier alpha value is -2.38. The van der Waals surface area contributed by atoms with Crippen molar-refractivity contribution >= 4 is 43.2 Å². The SMILES string of the molecule is Cc1ccc(Cl)cc1N([C@H](C)C(=O)NCCOc1ccc(S(=O)(=O)N2CCOCC2)cc1)S(C)(=O)=O. The molecule has 1 N–H and O–H groups in total. The molecule has 1 aliphatic rings. The molecular formula is C23H30ClN3O7S2. The number of aryl methyl sites for hydroxylation is 1. The molecule has 0 aromatic heterocycles. The lowest BCUT2D eigenvalue weighted by molar-refractivity contribution is -0.121. The highest BCUT2D eigenvalue weighted by Crippen LogP contribution is 2.28. The van der Waals surface area contributed by atoms with Crippen molar-refractivity contribution in [2.24, 2.45) is 0 Å². The zero-order chi connectivity index (χ0) is 26.5. The van der Waals surface area contributed by atoms with E-state index in [4.69, 9.17) is 21.1 Å². The Kier molecular flexibility index (Phi) is 9.23. The van der Waals surface area contributed by atoms with E-state index in [0.29, 0.717) is 48.3 Å². The molecule has 36 heavy (non-hydrogen) atoms. The van der Waals surface area contributed by atoms with Crippen molar-refractivity contribution in [2.75, 3.05) is 50.0 Å². The first-order valence-corrected chi connectivity index (χ1v) is 14.9. The number of amides is 1. The van der Waals surface area contributed by atoms with E-state index in [2.05, 4.69) is 5.32 Å². The second-order valence-electron chi connectivity index (χ2n) is 8.29. The number of rotatable bonds is 10. The summed E-state index contributed by atoms with van der Waals surface area (Å²) < 4.78 is 63.6. The minimum atomic E-state index is -3.78. The number of sulfonamides is 2. The van der Waals surface area contributed by atoms with Crippen molar-refractivity contribution in [3.63, 3.8) is 0 Å². The molecule has 0 unspecified atom stereocenters. The van der Waals surface area contributed by atoms with Gasteiger partial charge >= 0.3 is 0 Å². The first-order valence-electron chi connectivity index (χ1n) is 11.3. The Morgan fingerprint density at radius 2 is 1.78 bits per heavy atom. The molecule has 2 aromatic rings. The molecule has 1 fully saturated rings. The number of hydrogen-bond acceptors (Lipinski definition) is 7. The number of nitrogens with one attached hydrogen (secondary N) is 1. The largest absolute Gasteiger partial charge is 0.492 e. The summed E-state index contributed by atoms with van der Waals surface area (Å²) in [5.74, 6) is -0.0686. The number of carbonyl (C=O) groups is 1. The third-order valence-corrected chi connectivity index (χ3v) is 8.97. The quantitative estimate of drug-likeness (QED) is 0.442. The maximum absolute atomic E-state index is 12.7. The highest BCUT2D eigenvalue weighted by Gasteiger charge is 2.30. The first kappa shape index (κ1) is 28.2. The van der Waals surface area contributed by atoms with Crippen LogP contribution in [-0.2, 0) is 29.6 Å². The van der Waals surface area contributed by atoms with Gasteiger partial charge in [0, 0.05) is 18.1 Å². The predicted octanol–water partition coefficient (Wildman–Crippen LogP) is 2.02. The third-order valence-electron chi connectivity index (χ3n) is 5.60. The smallest absolute Gasteiger partial charge is 0.243 e. The van der Waals surface area contributed by atoms with Gasteiger partial charge < -0.3 is 14.8 Å². The van der Waals surface area contributed by atoms with Crippen molar-refractivity contribution in [1.29, 1.82) is 0 Å². The monoisotopic (exact) mass is 559 g/mol. The van der Waals surface area contributed by atoms with Gasteiger partial charge in [-0.05, 0) is 55.8 Å². The zero-order valence-corrected chi connectivity index (χ0v) is 22.7. The molecule has 0 spiro atoms. The number of nitrogens with zero attached hydrogens (tertiary/aromatic N) is 2. The Labute approximate surface area is 217 Å². The number of morpholine rings is 1. The van der Waals surface area contributed by atoms with E-state index >= 15 is 0 Å². The van der Waals surface area contributed by atoms with E-state index < -0.39 is 32.0 Å². The van der Waals surface area contributed by atoms with Gasteiger partial charge in [-0.15, -0.1) is 0 Å². The Morgan fingerprint density at radius 3 is 2.39 bits per heavy atom. The second kappa shape index (κ2) is 11.8. The van der Waals surface area contributed by atoms with Crippen LogP contribution in [0.5, 0.6) is 5.75 Å². The molecule has 10 nitrogen and oxygen atoms in total. The molecule has 198 valence electrons. The van der Waals surface area contributed by atoms with Gasteiger partial charge in [-0.2, -0.15) is 4.31 Å². The molecule has 13 heteroatoms. The highest BCUT2D eigenvalue weighted by molar-refractivity contribution is 7.92. The number of anilines is 1. The average Bonchev–Trinajstić information content (AvgIpc) is 2.84. The fourth-order valence-corrected chi connectivity index (χ4v) is 6.53. The van der Waals surface area contributed by atoms with E-state index in [0.717, 1.165) is 10.6 Å². The van der Waals surface area contributed by atoms with Crippen molar-refractivity contribution < 1.29 is 31.1 Å². The highest BCUT2D eigenvalue weighted by atomic mass is 35.5. The standard InChI is InChI=1S/C23H30ClN3O7S2/c1-17-4-5-19(24)16-22(17)27(35(3,29)30)18(2)23(28)25-10-13-34-20-6-8-21(9-7-20)36(31,32)26-11-14-33-15-12-26/h4-9,16,18H,10-15H2,1-3H3,(H,25,28)/t18-/m1/s1. The van der Waals surface area contributed by atoms with Crippen LogP contribution in [0, 0.1) is 6.92 Å². The number of ether oxygens (including phenoxy) is 2. The average molecular weight is 560 g/mol. The fourth-order valence-electron chi connectivity index (χ4n) is 3.74. The van der Waals surface area contributed by atoms with Crippen LogP contribution in [0.3, 0.4) is 0 Å². The summed E-state index contributed by atoms with van der Waals surface area (Å²) in [6.07, 6.45) is 1.03. The molecule has 2 aromatic carbocycles. The first-order chi connectivity index (χ1) is 16.9. The number of halogens is 1. The molecular weight excluding hydrogens is 530 g/mol. The lowest BCUT2D eigenvalue weighted by atomic mass is 10.2. The maximum Gasteiger partial charge on any atom is 0.243 e. The molecule has 0 saturated carbocycles. The predicted molar refractivity (Wildman–Crippen MR) is 137 cm³/mol. The van der Waals surface area contributed by atoms with Crippen molar-refractivity contribution in [3.05, 3.63) is 53.1 Å². The van der Waals surface area contributed by atoms with Gasteiger partial charge in [0.05, 0.1) is 36.6 Å². The lowest BCUT2D eigenvalue weighted by Gasteiger charge is -2.29. The zero-order valence-electron chi connectivity index (χ0n) is 20.3. The lowest BCUT2D eigenvalue weighted by Crippen LogP contribution is -2.48. The van der Waals surface area contributed by atoms with E-state index in [1.165, 1.54) is 29.4 Å². The van der Waals surface area contributed by atoms with Gasteiger partial charge in [0.15, 0.2) is 0 Å². The van der Waals surface area contributed by atoms with E-state index in [9.17, 15) is 21.6 Å².